The van der Waals surface area contributed by atoms with E-state index in [-0.39, 0.29) is 0 Å². The summed E-state index contributed by atoms with van der Waals surface area (Å²) in [6.45, 7) is 0. The first-order chi connectivity index (χ1) is 27.8. The third-order valence-corrected chi connectivity index (χ3v) is 11.1. The Bertz CT molecular complexity index is 3240. The Balaban J connectivity index is 1.14. The summed E-state index contributed by atoms with van der Waals surface area (Å²) in [7, 11) is 0. The third-order valence-electron chi connectivity index (χ3n) is 11.1. The predicted octanol–water partition coefficient (Wildman–Crippen LogP) is 14.9. The average molecular weight is 715 g/mol. The normalized spacial score (nSPS) is 11.6. The molecule has 10 aromatic carbocycles. The highest BCUT2D eigenvalue weighted by molar-refractivity contribution is 6.27. The lowest BCUT2D eigenvalue weighted by molar-refractivity contribution is 0.623. The molecule has 1 aromatic heterocycles. The molecule has 0 spiro atoms. The molecule has 0 aliphatic rings. The molecular formula is C53H34N2O. The summed E-state index contributed by atoms with van der Waals surface area (Å²) in [4.78, 5) is 7.37. The predicted molar refractivity (Wildman–Crippen MR) is 235 cm³/mol. The maximum absolute atomic E-state index is 6.66. The van der Waals surface area contributed by atoms with Crippen LogP contribution in [0.2, 0.25) is 0 Å². The summed E-state index contributed by atoms with van der Waals surface area (Å²) < 4.78 is 6.66. The standard InChI is InChI=1S/C53H34N2O/c1-3-13-37(14-4-1)44-18-9-10-20-48(44)55(43-30-26-36(27-31-43)42-25-22-35-12-7-8-17-41(35)34-42)49-21-11-19-46-45(49)32-28-38-23-24-39-29-33-47-52(51(39)50(38)46)56-53(54-47)40-15-5-2-6-16-40/h1-34H. The second-order valence-electron chi connectivity index (χ2n) is 14.3. The molecule has 0 aliphatic heterocycles. The fraction of sp³-hybridized carbons (Fsp3) is 0. The lowest BCUT2D eigenvalue weighted by Crippen LogP contribution is -2.11. The van der Waals surface area contributed by atoms with E-state index < -0.39 is 0 Å². The van der Waals surface area contributed by atoms with Crippen LogP contribution in [0.4, 0.5) is 17.1 Å². The Kier molecular flexibility index (Phi) is 7.49. The summed E-state index contributed by atoms with van der Waals surface area (Å²) in [6.07, 6.45) is 0. The first-order valence-corrected chi connectivity index (χ1v) is 19.0. The van der Waals surface area contributed by atoms with Crippen LogP contribution in [0.25, 0.3) is 87.9 Å². The molecule has 0 saturated heterocycles. The molecule has 11 rings (SSSR count). The molecular weight excluding hydrogens is 681 g/mol. The molecule has 262 valence electrons. The van der Waals surface area contributed by atoms with Crippen LogP contribution in [0, 0.1) is 0 Å². The van der Waals surface area contributed by atoms with Crippen molar-refractivity contribution in [3.05, 3.63) is 206 Å². The van der Waals surface area contributed by atoms with E-state index in [0.29, 0.717) is 5.89 Å². The van der Waals surface area contributed by atoms with Gasteiger partial charge in [-0.3, -0.25) is 0 Å². The molecule has 0 saturated carbocycles. The zero-order valence-corrected chi connectivity index (χ0v) is 30.4. The summed E-state index contributed by atoms with van der Waals surface area (Å²) in [5, 5.41) is 9.30. The van der Waals surface area contributed by atoms with Gasteiger partial charge in [-0.2, -0.15) is 0 Å². The molecule has 0 aliphatic carbocycles. The fourth-order valence-corrected chi connectivity index (χ4v) is 8.37. The van der Waals surface area contributed by atoms with Crippen molar-refractivity contribution in [3.8, 4) is 33.7 Å². The number of benzene rings is 10. The lowest BCUT2D eigenvalue weighted by atomic mass is 9.94. The van der Waals surface area contributed by atoms with E-state index in [1.54, 1.807) is 0 Å². The molecule has 11 aromatic rings. The van der Waals surface area contributed by atoms with Crippen molar-refractivity contribution in [2.45, 2.75) is 0 Å². The van der Waals surface area contributed by atoms with E-state index in [4.69, 9.17) is 9.40 Å². The Morgan fingerprint density at radius 1 is 0.375 bits per heavy atom. The Morgan fingerprint density at radius 2 is 1.00 bits per heavy atom. The second kappa shape index (κ2) is 13.1. The van der Waals surface area contributed by atoms with Gasteiger partial charge in [0.15, 0.2) is 5.58 Å². The van der Waals surface area contributed by atoms with Crippen LogP contribution in [-0.2, 0) is 0 Å². The van der Waals surface area contributed by atoms with Crippen molar-refractivity contribution in [1.29, 1.82) is 0 Å². The zero-order valence-electron chi connectivity index (χ0n) is 30.4. The first-order valence-electron chi connectivity index (χ1n) is 19.0. The fourth-order valence-electron chi connectivity index (χ4n) is 8.37. The van der Waals surface area contributed by atoms with Crippen LogP contribution in [0.15, 0.2) is 211 Å². The number of oxazole rings is 1. The summed E-state index contributed by atoms with van der Waals surface area (Å²) >= 11 is 0. The number of fused-ring (bicyclic) bond motifs is 8. The van der Waals surface area contributed by atoms with Crippen molar-refractivity contribution in [3.63, 3.8) is 0 Å². The minimum Gasteiger partial charge on any atom is -0.435 e. The van der Waals surface area contributed by atoms with Crippen LogP contribution in [0.1, 0.15) is 0 Å². The van der Waals surface area contributed by atoms with Gasteiger partial charge in [-0.05, 0) is 92.2 Å². The van der Waals surface area contributed by atoms with Crippen molar-refractivity contribution < 1.29 is 4.42 Å². The molecule has 0 fully saturated rings. The highest BCUT2D eigenvalue weighted by Gasteiger charge is 2.21. The van der Waals surface area contributed by atoms with Crippen LogP contribution in [0.5, 0.6) is 0 Å². The van der Waals surface area contributed by atoms with E-state index in [1.165, 1.54) is 27.5 Å². The van der Waals surface area contributed by atoms with Gasteiger partial charge in [-0.1, -0.05) is 158 Å². The first kappa shape index (κ1) is 32.0. The highest BCUT2D eigenvalue weighted by atomic mass is 16.3. The van der Waals surface area contributed by atoms with Gasteiger partial charge >= 0.3 is 0 Å². The zero-order chi connectivity index (χ0) is 37.0. The van der Waals surface area contributed by atoms with Gasteiger partial charge in [0.1, 0.15) is 5.52 Å². The number of nitrogens with zero attached hydrogens (tertiary/aromatic N) is 2. The monoisotopic (exact) mass is 714 g/mol. The molecule has 0 radical (unpaired) electrons. The van der Waals surface area contributed by atoms with Gasteiger partial charge < -0.3 is 9.32 Å². The van der Waals surface area contributed by atoms with E-state index in [9.17, 15) is 0 Å². The SMILES string of the molecule is c1ccc(-c2nc3ccc4ccc5ccc6c(N(c7ccc(-c8ccc9ccccc9c8)cc7)c7ccccc7-c7ccccc7)cccc6c5c4c3o2)cc1. The summed E-state index contributed by atoms with van der Waals surface area (Å²) in [5.41, 5.74) is 10.6. The lowest BCUT2D eigenvalue weighted by Gasteiger charge is -2.29. The van der Waals surface area contributed by atoms with Crippen LogP contribution < -0.4 is 4.90 Å². The summed E-state index contributed by atoms with van der Waals surface area (Å²) in [5.74, 6) is 0.627. The van der Waals surface area contributed by atoms with E-state index in [1.807, 2.05) is 30.3 Å². The molecule has 0 amide bonds. The van der Waals surface area contributed by atoms with Crippen molar-refractivity contribution >= 4 is 71.3 Å². The van der Waals surface area contributed by atoms with Crippen molar-refractivity contribution in [2.24, 2.45) is 0 Å². The summed E-state index contributed by atoms with van der Waals surface area (Å²) in [6, 6.07) is 73.6. The molecule has 1 heterocycles. The topological polar surface area (TPSA) is 29.3 Å². The molecule has 3 nitrogen and oxygen atoms in total. The molecule has 0 unspecified atom stereocenters. The maximum atomic E-state index is 6.66. The largest absolute Gasteiger partial charge is 0.435 e. The van der Waals surface area contributed by atoms with E-state index in [2.05, 4.69) is 181 Å². The van der Waals surface area contributed by atoms with Gasteiger partial charge in [-0.25, -0.2) is 4.98 Å². The minimum absolute atomic E-state index is 0.627. The van der Waals surface area contributed by atoms with Crippen LogP contribution >= 0.6 is 0 Å². The van der Waals surface area contributed by atoms with Crippen LogP contribution in [-0.4, -0.2) is 4.98 Å². The molecule has 3 heteroatoms. The van der Waals surface area contributed by atoms with Gasteiger partial charge in [0.05, 0.1) is 11.4 Å². The maximum Gasteiger partial charge on any atom is 0.227 e. The molecule has 0 N–H and O–H groups in total. The Hall–Kier alpha value is -7.49. The van der Waals surface area contributed by atoms with E-state index >= 15 is 0 Å². The van der Waals surface area contributed by atoms with Crippen molar-refractivity contribution in [1.82, 2.24) is 4.98 Å². The quantitative estimate of drug-likeness (QED) is 0.161. The van der Waals surface area contributed by atoms with Crippen molar-refractivity contribution in [2.75, 3.05) is 4.90 Å². The molecule has 0 bridgehead atoms. The van der Waals surface area contributed by atoms with Gasteiger partial charge in [0, 0.05) is 33.0 Å². The minimum atomic E-state index is 0.627. The van der Waals surface area contributed by atoms with E-state index in [0.717, 1.165) is 71.6 Å². The number of rotatable bonds is 6. The Labute approximate surface area is 324 Å². The second-order valence-corrected chi connectivity index (χ2v) is 14.3. The highest BCUT2D eigenvalue weighted by Crippen LogP contribution is 2.46. The van der Waals surface area contributed by atoms with Crippen LogP contribution in [0.3, 0.4) is 0 Å². The number of aromatic nitrogens is 1. The Morgan fingerprint density at radius 3 is 1.82 bits per heavy atom. The van der Waals surface area contributed by atoms with Gasteiger partial charge in [0.25, 0.3) is 0 Å². The number of hydrogen-bond donors (Lipinski definition) is 0. The average Bonchev–Trinajstić information content (AvgIpc) is 3.72. The molecule has 0 atom stereocenters. The number of hydrogen-bond acceptors (Lipinski definition) is 3. The third kappa shape index (κ3) is 5.32. The van der Waals surface area contributed by atoms with Gasteiger partial charge in [0.2, 0.25) is 5.89 Å². The smallest absolute Gasteiger partial charge is 0.227 e. The van der Waals surface area contributed by atoms with Gasteiger partial charge in [-0.15, -0.1) is 0 Å². The number of anilines is 3. The molecule has 56 heavy (non-hydrogen) atoms. The number of para-hydroxylation sites is 1.